The average molecular weight is 184 g/mol. The van der Waals surface area contributed by atoms with E-state index in [1.165, 1.54) is 0 Å². The Bertz CT molecular complexity index is 293. The lowest BCUT2D eigenvalue weighted by molar-refractivity contribution is 0.0651. The van der Waals surface area contributed by atoms with Crippen LogP contribution < -0.4 is 0 Å². The number of carboxylic acid groups (broad SMARTS) is 1. The van der Waals surface area contributed by atoms with Crippen molar-refractivity contribution in [3.63, 3.8) is 0 Å². The van der Waals surface area contributed by atoms with Crippen LogP contribution in [0.3, 0.4) is 0 Å². The van der Waals surface area contributed by atoms with E-state index < -0.39 is 5.97 Å². The van der Waals surface area contributed by atoms with Gasteiger partial charge in [-0.15, -0.1) is 10.2 Å². The maximum atomic E-state index is 10.4. The zero-order valence-corrected chi connectivity index (χ0v) is 7.65. The number of aromatic carboxylic acids is 1. The Labute approximate surface area is 75.8 Å². The van der Waals surface area contributed by atoms with Gasteiger partial charge in [0.15, 0.2) is 0 Å². The van der Waals surface area contributed by atoms with Crippen LogP contribution in [0.1, 0.15) is 36.8 Å². The van der Waals surface area contributed by atoms with Crippen molar-refractivity contribution >= 4 is 5.97 Å². The first-order valence-corrected chi connectivity index (χ1v) is 4.15. The van der Waals surface area contributed by atoms with Gasteiger partial charge in [-0.25, -0.2) is 4.79 Å². The fraction of sp³-hybridized carbons (Fsp3) is 0.625. The summed E-state index contributed by atoms with van der Waals surface area (Å²) in [6.07, 6.45) is 1.55. The molecule has 0 aliphatic rings. The van der Waals surface area contributed by atoms with E-state index in [0.717, 1.165) is 6.42 Å². The van der Waals surface area contributed by atoms with Gasteiger partial charge in [0.05, 0.1) is 0 Å². The predicted molar refractivity (Wildman–Crippen MR) is 44.4 cm³/mol. The van der Waals surface area contributed by atoms with Gasteiger partial charge in [-0.05, 0) is 12.3 Å². The lowest BCUT2D eigenvalue weighted by Gasteiger charge is -1.98. The van der Waals surface area contributed by atoms with Crippen molar-refractivity contribution in [2.24, 2.45) is 5.92 Å². The van der Waals surface area contributed by atoms with Gasteiger partial charge >= 0.3 is 11.9 Å². The van der Waals surface area contributed by atoms with Crippen molar-refractivity contribution < 1.29 is 14.3 Å². The van der Waals surface area contributed by atoms with Crippen LogP contribution in [0.2, 0.25) is 0 Å². The summed E-state index contributed by atoms with van der Waals surface area (Å²) in [7, 11) is 0. The summed E-state index contributed by atoms with van der Waals surface area (Å²) < 4.78 is 4.87. The maximum absolute atomic E-state index is 10.4. The first-order valence-electron chi connectivity index (χ1n) is 4.15. The van der Waals surface area contributed by atoms with Crippen molar-refractivity contribution in [2.75, 3.05) is 0 Å². The number of carboxylic acids is 1. The number of aromatic nitrogens is 2. The monoisotopic (exact) mass is 184 g/mol. The molecule has 1 aromatic heterocycles. The number of hydrogen-bond donors (Lipinski definition) is 1. The van der Waals surface area contributed by atoms with E-state index >= 15 is 0 Å². The molecule has 1 N–H and O–H groups in total. The number of hydrogen-bond acceptors (Lipinski definition) is 4. The molecule has 5 heteroatoms. The second-order valence-electron chi connectivity index (χ2n) is 3.24. The molecule has 0 bridgehead atoms. The molecule has 0 unspecified atom stereocenters. The van der Waals surface area contributed by atoms with E-state index in [4.69, 9.17) is 9.52 Å². The van der Waals surface area contributed by atoms with Crippen LogP contribution in [-0.2, 0) is 6.42 Å². The van der Waals surface area contributed by atoms with Gasteiger partial charge in [0, 0.05) is 6.42 Å². The Balaban J connectivity index is 2.54. The molecule has 0 aromatic carbocycles. The summed E-state index contributed by atoms with van der Waals surface area (Å²) in [5, 5.41) is 15.5. The first-order chi connectivity index (χ1) is 6.09. The number of rotatable bonds is 4. The smallest absolute Gasteiger partial charge is 0.393 e. The minimum absolute atomic E-state index is 0.334. The lowest BCUT2D eigenvalue weighted by atomic mass is 10.1. The van der Waals surface area contributed by atoms with Crippen LogP contribution in [0.15, 0.2) is 4.42 Å². The molecule has 0 aliphatic heterocycles. The van der Waals surface area contributed by atoms with E-state index in [9.17, 15) is 4.79 Å². The van der Waals surface area contributed by atoms with E-state index in [0.29, 0.717) is 18.2 Å². The predicted octanol–water partition coefficient (Wildman–Crippen LogP) is 1.36. The molecule has 0 spiro atoms. The molecule has 13 heavy (non-hydrogen) atoms. The highest BCUT2D eigenvalue weighted by Crippen LogP contribution is 2.07. The Hall–Kier alpha value is -1.39. The molecule has 0 fully saturated rings. The molecule has 1 heterocycles. The van der Waals surface area contributed by atoms with E-state index in [1.807, 2.05) is 0 Å². The fourth-order valence-electron chi connectivity index (χ4n) is 0.853. The third-order valence-corrected chi connectivity index (χ3v) is 1.59. The summed E-state index contributed by atoms with van der Waals surface area (Å²) in [6.45, 7) is 4.16. The largest absolute Gasteiger partial charge is 0.474 e. The molecule has 0 atom stereocenters. The molecule has 0 saturated carbocycles. The van der Waals surface area contributed by atoms with Crippen LogP contribution >= 0.6 is 0 Å². The lowest BCUT2D eigenvalue weighted by Crippen LogP contribution is -1.95. The van der Waals surface area contributed by atoms with Crippen molar-refractivity contribution in [3.05, 3.63) is 11.8 Å². The summed E-state index contributed by atoms with van der Waals surface area (Å²) >= 11 is 0. The molecular weight excluding hydrogens is 172 g/mol. The van der Waals surface area contributed by atoms with Gasteiger partial charge in [0.1, 0.15) is 0 Å². The zero-order valence-electron chi connectivity index (χ0n) is 7.65. The second-order valence-corrected chi connectivity index (χ2v) is 3.24. The normalized spacial score (nSPS) is 10.7. The standard InChI is InChI=1S/C8H12N2O3/c1-5(2)3-4-6-9-10-7(13-6)8(11)12/h5H,3-4H2,1-2H3,(H,11,12). The average Bonchev–Trinajstić information content (AvgIpc) is 2.48. The number of aryl methyl sites for hydroxylation is 1. The van der Waals surface area contributed by atoms with Gasteiger partial charge in [-0.2, -0.15) is 0 Å². The van der Waals surface area contributed by atoms with Crippen LogP contribution in [0.25, 0.3) is 0 Å². The Morgan fingerprint density at radius 3 is 2.69 bits per heavy atom. The topological polar surface area (TPSA) is 76.2 Å². The highest BCUT2D eigenvalue weighted by Gasteiger charge is 2.12. The molecule has 1 aromatic rings. The third-order valence-electron chi connectivity index (χ3n) is 1.59. The second kappa shape index (κ2) is 4.02. The summed E-state index contributed by atoms with van der Waals surface area (Å²) in [5.41, 5.74) is 0. The molecule has 1 rings (SSSR count). The third kappa shape index (κ3) is 2.85. The van der Waals surface area contributed by atoms with Crippen molar-refractivity contribution in [3.8, 4) is 0 Å². The molecule has 0 amide bonds. The van der Waals surface area contributed by atoms with Gasteiger partial charge in [-0.1, -0.05) is 13.8 Å². The van der Waals surface area contributed by atoms with E-state index in [2.05, 4.69) is 24.0 Å². The number of carbonyl (C=O) groups is 1. The van der Waals surface area contributed by atoms with Crippen LogP contribution in [0.5, 0.6) is 0 Å². The summed E-state index contributed by atoms with van der Waals surface area (Å²) in [4.78, 5) is 10.4. The summed E-state index contributed by atoms with van der Waals surface area (Å²) in [6, 6.07) is 0. The minimum atomic E-state index is -1.18. The molecule has 5 nitrogen and oxygen atoms in total. The number of nitrogens with zero attached hydrogens (tertiary/aromatic N) is 2. The molecule has 72 valence electrons. The highest BCUT2D eigenvalue weighted by atomic mass is 16.4. The van der Waals surface area contributed by atoms with E-state index in [1.54, 1.807) is 0 Å². The van der Waals surface area contributed by atoms with Crippen LogP contribution in [0.4, 0.5) is 0 Å². The molecule has 0 aliphatic carbocycles. The Kier molecular flexibility index (Phi) is 3.00. The molecule has 0 saturated heterocycles. The molecular formula is C8H12N2O3. The zero-order chi connectivity index (χ0) is 9.84. The molecule has 0 radical (unpaired) electrons. The first kappa shape index (κ1) is 9.70. The minimum Gasteiger partial charge on any atom is -0.474 e. The quantitative estimate of drug-likeness (QED) is 0.764. The van der Waals surface area contributed by atoms with Crippen molar-refractivity contribution in [2.45, 2.75) is 26.7 Å². The Morgan fingerprint density at radius 1 is 1.54 bits per heavy atom. The highest BCUT2D eigenvalue weighted by molar-refractivity contribution is 5.81. The Morgan fingerprint density at radius 2 is 2.23 bits per heavy atom. The SMILES string of the molecule is CC(C)CCc1nnc(C(=O)O)o1. The maximum Gasteiger partial charge on any atom is 0.393 e. The van der Waals surface area contributed by atoms with Gasteiger partial charge in [0.25, 0.3) is 0 Å². The van der Waals surface area contributed by atoms with Crippen molar-refractivity contribution in [1.82, 2.24) is 10.2 Å². The van der Waals surface area contributed by atoms with Gasteiger partial charge < -0.3 is 9.52 Å². The van der Waals surface area contributed by atoms with Gasteiger partial charge in [-0.3, -0.25) is 0 Å². The van der Waals surface area contributed by atoms with Crippen LogP contribution in [-0.4, -0.2) is 21.3 Å². The van der Waals surface area contributed by atoms with Gasteiger partial charge in [0.2, 0.25) is 5.89 Å². The van der Waals surface area contributed by atoms with E-state index in [-0.39, 0.29) is 5.89 Å². The van der Waals surface area contributed by atoms with Crippen LogP contribution in [0, 0.1) is 5.92 Å². The summed E-state index contributed by atoms with van der Waals surface area (Å²) in [5.74, 6) is -0.576. The van der Waals surface area contributed by atoms with Crippen molar-refractivity contribution in [1.29, 1.82) is 0 Å². The fourth-order valence-corrected chi connectivity index (χ4v) is 0.853.